The number of halogens is 2. The largest absolute Gasteiger partial charge is 0.481 e. The molecule has 4 aromatic rings. The number of carboxylic acids is 1. The third-order valence-electron chi connectivity index (χ3n) is 7.60. The van der Waals surface area contributed by atoms with Gasteiger partial charge in [0.15, 0.2) is 0 Å². The van der Waals surface area contributed by atoms with Crippen molar-refractivity contribution in [2.75, 3.05) is 18.0 Å². The molecule has 3 aromatic heterocycles. The minimum absolute atomic E-state index is 0. The molecule has 2 unspecified atom stereocenters. The van der Waals surface area contributed by atoms with Crippen molar-refractivity contribution in [1.82, 2.24) is 25.5 Å². The number of aromatic nitrogens is 4. The van der Waals surface area contributed by atoms with Crippen LogP contribution in [0, 0.1) is 18.3 Å². The van der Waals surface area contributed by atoms with Crippen molar-refractivity contribution in [1.29, 1.82) is 0 Å². The number of carbonyl (C=O) groups is 1. The van der Waals surface area contributed by atoms with Gasteiger partial charge in [0.1, 0.15) is 11.4 Å². The highest BCUT2D eigenvalue weighted by Crippen LogP contribution is 2.57. The van der Waals surface area contributed by atoms with E-state index < -0.39 is 18.0 Å². The summed E-state index contributed by atoms with van der Waals surface area (Å²) in [6.07, 6.45) is 7.35. The fourth-order valence-electron chi connectivity index (χ4n) is 5.45. The number of nitrogens with zero attached hydrogens (tertiary/aromatic N) is 5. The molecule has 0 radical (unpaired) electrons. The molecule has 11 heteroatoms. The van der Waals surface area contributed by atoms with E-state index in [0.717, 1.165) is 47.5 Å². The fraction of sp³-hybridized carbons (Fsp3) is 0.333. The highest BCUT2D eigenvalue weighted by molar-refractivity contribution is 5.80. The van der Waals surface area contributed by atoms with Gasteiger partial charge in [-0.15, -0.1) is 0 Å². The zero-order chi connectivity index (χ0) is 25.7. The molecule has 1 saturated carbocycles. The highest BCUT2D eigenvalue weighted by Gasteiger charge is 2.62. The number of para-hydroxylation sites is 1. The van der Waals surface area contributed by atoms with Crippen LogP contribution in [0.4, 0.5) is 14.7 Å². The Kier molecular flexibility index (Phi) is 6.47. The van der Waals surface area contributed by atoms with Crippen molar-refractivity contribution in [3.05, 3.63) is 71.9 Å². The summed E-state index contributed by atoms with van der Waals surface area (Å²) in [4.78, 5) is 27.4. The SMILES string of the molecule is Cc1nc2ccc(-c3cnc(N4CCC5CC5(C(=O)O)C4)nc3)cn2c1Cc1ccccc1OC(F)F.N. The molecule has 1 aromatic carbocycles. The van der Waals surface area contributed by atoms with Crippen molar-refractivity contribution in [3.8, 4) is 16.9 Å². The number of pyridine rings is 1. The first-order chi connectivity index (χ1) is 17.8. The van der Waals surface area contributed by atoms with Crippen LogP contribution in [0.2, 0.25) is 0 Å². The van der Waals surface area contributed by atoms with Crippen molar-refractivity contribution in [3.63, 3.8) is 0 Å². The van der Waals surface area contributed by atoms with Gasteiger partial charge in [0.2, 0.25) is 5.95 Å². The fourth-order valence-corrected chi connectivity index (χ4v) is 5.45. The predicted molar refractivity (Wildman–Crippen MR) is 137 cm³/mol. The smallest absolute Gasteiger partial charge is 0.387 e. The molecule has 0 bridgehead atoms. The van der Waals surface area contributed by atoms with Crippen LogP contribution >= 0.6 is 0 Å². The minimum Gasteiger partial charge on any atom is -0.481 e. The number of hydrogen-bond acceptors (Lipinski definition) is 7. The van der Waals surface area contributed by atoms with Crippen LogP contribution in [0.3, 0.4) is 0 Å². The van der Waals surface area contributed by atoms with Crippen molar-refractivity contribution in [2.24, 2.45) is 11.3 Å². The third kappa shape index (κ3) is 4.43. The molecular weight excluding hydrogens is 494 g/mol. The predicted octanol–water partition coefficient (Wildman–Crippen LogP) is 4.75. The van der Waals surface area contributed by atoms with E-state index in [9.17, 15) is 18.7 Å². The topological polar surface area (TPSA) is 128 Å². The molecule has 38 heavy (non-hydrogen) atoms. The first-order valence-electron chi connectivity index (χ1n) is 12.1. The lowest BCUT2D eigenvalue weighted by molar-refractivity contribution is -0.143. The number of fused-ring (bicyclic) bond motifs is 2. The number of carboxylic acid groups (broad SMARTS) is 1. The highest BCUT2D eigenvalue weighted by atomic mass is 19.3. The molecule has 4 heterocycles. The molecule has 4 N–H and O–H groups in total. The second-order valence-corrected chi connectivity index (χ2v) is 9.80. The molecular formula is C27H28F2N6O3. The van der Waals surface area contributed by atoms with Crippen molar-refractivity contribution < 1.29 is 23.4 Å². The Morgan fingerprint density at radius 3 is 2.68 bits per heavy atom. The molecule has 0 spiro atoms. The second-order valence-electron chi connectivity index (χ2n) is 9.80. The van der Waals surface area contributed by atoms with Crippen LogP contribution in [0.1, 0.15) is 29.8 Å². The average Bonchev–Trinajstić information content (AvgIpc) is 3.56. The number of rotatable bonds is 7. The number of anilines is 1. The van der Waals surface area contributed by atoms with E-state index in [0.29, 0.717) is 24.5 Å². The zero-order valence-corrected chi connectivity index (χ0v) is 20.8. The molecule has 1 aliphatic heterocycles. The Labute approximate surface area is 217 Å². The number of alkyl halides is 2. The summed E-state index contributed by atoms with van der Waals surface area (Å²) in [7, 11) is 0. The summed E-state index contributed by atoms with van der Waals surface area (Å²) >= 11 is 0. The number of benzene rings is 1. The summed E-state index contributed by atoms with van der Waals surface area (Å²) in [5, 5.41) is 9.64. The van der Waals surface area contributed by atoms with Gasteiger partial charge in [0.05, 0.1) is 11.1 Å². The number of imidazole rings is 1. The Morgan fingerprint density at radius 2 is 1.95 bits per heavy atom. The van der Waals surface area contributed by atoms with Crippen LogP contribution in [0.15, 0.2) is 55.0 Å². The van der Waals surface area contributed by atoms with E-state index in [1.165, 1.54) is 6.07 Å². The standard InChI is InChI=1S/C27H25F2N5O3.H3N/c1-16-21(10-17-4-2-3-5-22(17)37-25(28)29)34-14-18(6-7-23(34)32-16)19-12-30-26(31-13-19)33-9-8-20-11-27(20,15-33)24(35)36;/h2-7,12-14,20,25H,8-11,15H2,1H3,(H,35,36);1H3. The van der Waals surface area contributed by atoms with Gasteiger partial charge in [-0.25, -0.2) is 15.0 Å². The lowest BCUT2D eigenvalue weighted by atomic mass is 9.98. The quantitative estimate of drug-likeness (QED) is 0.356. The monoisotopic (exact) mass is 522 g/mol. The minimum atomic E-state index is -2.90. The Hall–Kier alpha value is -4.12. The van der Waals surface area contributed by atoms with Crippen LogP contribution in [0.25, 0.3) is 16.8 Å². The van der Waals surface area contributed by atoms with Gasteiger partial charge in [-0.2, -0.15) is 8.78 Å². The Morgan fingerprint density at radius 1 is 1.18 bits per heavy atom. The zero-order valence-electron chi connectivity index (χ0n) is 20.8. The maximum atomic E-state index is 12.9. The molecule has 2 fully saturated rings. The Bertz CT molecular complexity index is 1490. The van der Waals surface area contributed by atoms with Crippen LogP contribution in [0.5, 0.6) is 5.75 Å². The Balaban J connectivity index is 0.00000294. The van der Waals surface area contributed by atoms with Crippen LogP contribution in [-0.4, -0.2) is 50.1 Å². The molecule has 9 nitrogen and oxygen atoms in total. The van der Waals surface area contributed by atoms with Crippen LogP contribution in [-0.2, 0) is 11.2 Å². The van der Waals surface area contributed by atoms with Gasteiger partial charge < -0.3 is 25.3 Å². The van der Waals surface area contributed by atoms with E-state index in [2.05, 4.69) is 15.0 Å². The van der Waals surface area contributed by atoms with Gasteiger partial charge in [-0.1, -0.05) is 18.2 Å². The maximum absolute atomic E-state index is 12.9. The van der Waals surface area contributed by atoms with E-state index in [4.69, 9.17) is 4.74 Å². The van der Waals surface area contributed by atoms with E-state index in [1.54, 1.807) is 30.6 Å². The average molecular weight is 523 g/mol. The molecule has 198 valence electrons. The summed E-state index contributed by atoms with van der Waals surface area (Å²) in [6, 6.07) is 10.6. The lowest BCUT2D eigenvalue weighted by Gasteiger charge is -2.30. The van der Waals surface area contributed by atoms with Crippen molar-refractivity contribution >= 4 is 17.6 Å². The maximum Gasteiger partial charge on any atom is 0.387 e. The van der Waals surface area contributed by atoms with Gasteiger partial charge in [-0.05, 0) is 43.9 Å². The molecule has 6 rings (SSSR count). The summed E-state index contributed by atoms with van der Waals surface area (Å²) in [6.45, 7) is 0.180. The normalized spacial score (nSPS) is 20.2. The number of aliphatic carboxylic acids is 1. The lowest BCUT2D eigenvalue weighted by Crippen LogP contribution is -2.41. The van der Waals surface area contributed by atoms with Gasteiger partial charge in [-0.3, -0.25) is 4.79 Å². The number of ether oxygens (including phenoxy) is 1. The van der Waals surface area contributed by atoms with E-state index >= 15 is 0 Å². The number of aryl methyl sites for hydroxylation is 1. The van der Waals surface area contributed by atoms with E-state index in [1.807, 2.05) is 34.6 Å². The van der Waals surface area contributed by atoms with Gasteiger partial charge in [0.25, 0.3) is 0 Å². The number of hydrogen-bond donors (Lipinski definition) is 2. The molecule has 1 saturated heterocycles. The summed E-state index contributed by atoms with van der Waals surface area (Å²) in [5.41, 5.74) is 4.07. The van der Waals surface area contributed by atoms with Crippen LogP contribution < -0.4 is 15.8 Å². The molecule has 2 atom stereocenters. The molecule has 2 aliphatic rings. The third-order valence-corrected chi connectivity index (χ3v) is 7.60. The first-order valence-corrected chi connectivity index (χ1v) is 12.1. The molecule has 0 amide bonds. The second kappa shape index (κ2) is 9.64. The van der Waals surface area contributed by atoms with Gasteiger partial charge >= 0.3 is 12.6 Å². The molecule has 1 aliphatic carbocycles. The first kappa shape index (κ1) is 25.5. The summed E-state index contributed by atoms with van der Waals surface area (Å²) in [5.74, 6) is 0.202. The van der Waals surface area contributed by atoms with Gasteiger partial charge in [0, 0.05) is 60.5 Å². The van der Waals surface area contributed by atoms with E-state index in [-0.39, 0.29) is 17.8 Å². The van der Waals surface area contributed by atoms with Crippen molar-refractivity contribution in [2.45, 2.75) is 32.8 Å². The number of piperidine rings is 1. The summed E-state index contributed by atoms with van der Waals surface area (Å²) < 4.78 is 32.5.